The Balaban J connectivity index is 1.60. The lowest BCUT2D eigenvalue weighted by atomic mass is 10.00. The molecule has 28 heavy (non-hydrogen) atoms. The molecule has 0 aliphatic carbocycles. The molecule has 1 fully saturated rings. The van der Waals surface area contributed by atoms with Crippen molar-refractivity contribution >= 4 is 5.91 Å². The number of aromatic nitrogens is 3. The molecule has 2 aromatic carbocycles. The summed E-state index contributed by atoms with van der Waals surface area (Å²) in [5.41, 5.74) is 1.80. The van der Waals surface area contributed by atoms with Gasteiger partial charge >= 0.3 is 0 Å². The molecule has 1 atom stereocenters. The Bertz CT molecular complexity index is 938. The number of nitrogens with zero attached hydrogens (tertiary/aromatic N) is 4. The van der Waals surface area contributed by atoms with Crippen LogP contribution >= 0.6 is 0 Å². The zero-order valence-corrected chi connectivity index (χ0v) is 16.0. The van der Waals surface area contributed by atoms with Gasteiger partial charge in [0.05, 0.1) is 19.7 Å². The van der Waals surface area contributed by atoms with E-state index in [1.807, 2.05) is 64.2 Å². The van der Waals surface area contributed by atoms with Crippen LogP contribution in [0, 0.1) is 0 Å². The molecule has 1 saturated heterocycles. The molecule has 0 N–H and O–H groups in total. The van der Waals surface area contributed by atoms with Gasteiger partial charge in [0.25, 0.3) is 5.91 Å². The summed E-state index contributed by atoms with van der Waals surface area (Å²) in [6.07, 6.45) is 4.57. The predicted octanol–water partition coefficient (Wildman–Crippen LogP) is 3.70. The summed E-state index contributed by atoms with van der Waals surface area (Å²) in [6.45, 7) is 1.33. The van der Waals surface area contributed by atoms with E-state index in [0.717, 1.165) is 42.9 Å². The van der Waals surface area contributed by atoms with Crippen LogP contribution in [-0.4, -0.2) is 39.2 Å². The van der Waals surface area contributed by atoms with E-state index in [9.17, 15) is 4.79 Å². The van der Waals surface area contributed by atoms with E-state index in [1.165, 1.54) is 0 Å². The van der Waals surface area contributed by atoms with Gasteiger partial charge in [-0.25, -0.2) is 9.67 Å². The van der Waals surface area contributed by atoms with Crippen molar-refractivity contribution in [2.75, 3.05) is 13.7 Å². The maximum Gasteiger partial charge on any atom is 0.254 e. The van der Waals surface area contributed by atoms with Crippen molar-refractivity contribution < 1.29 is 9.53 Å². The highest BCUT2D eigenvalue weighted by Gasteiger charge is 2.31. The number of methoxy groups -OCH3 is 1. The van der Waals surface area contributed by atoms with Crippen LogP contribution in [0.15, 0.2) is 60.9 Å². The van der Waals surface area contributed by atoms with Crippen molar-refractivity contribution in [3.8, 4) is 5.75 Å². The molecule has 0 spiro atoms. The van der Waals surface area contributed by atoms with Gasteiger partial charge in [0.2, 0.25) is 0 Å². The highest BCUT2D eigenvalue weighted by atomic mass is 16.5. The number of hydrogen-bond acceptors (Lipinski definition) is 4. The first-order chi connectivity index (χ1) is 13.8. The molecule has 0 radical (unpaired) electrons. The topological polar surface area (TPSA) is 60.2 Å². The van der Waals surface area contributed by atoms with Crippen LogP contribution in [-0.2, 0) is 6.54 Å². The minimum absolute atomic E-state index is 0.0567. The van der Waals surface area contributed by atoms with E-state index in [1.54, 1.807) is 13.4 Å². The third kappa shape index (κ3) is 3.76. The van der Waals surface area contributed by atoms with Gasteiger partial charge < -0.3 is 9.64 Å². The van der Waals surface area contributed by atoms with E-state index in [4.69, 9.17) is 4.74 Å². The quantitative estimate of drug-likeness (QED) is 0.681. The molecule has 3 aromatic rings. The molecule has 0 bridgehead atoms. The van der Waals surface area contributed by atoms with Crippen molar-refractivity contribution in [2.24, 2.45) is 0 Å². The molecule has 6 heteroatoms. The van der Waals surface area contributed by atoms with Crippen LogP contribution in [0.25, 0.3) is 0 Å². The van der Waals surface area contributed by atoms with Crippen molar-refractivity contribution in [3.63, 3.8) is 0 Å². The average molecular weight is 376 g/mol. The fraction of sp³-hybridized carbons (Fsp3) is 0.318. The number of carbonyl (C=O) groups excluding carboxylic acids is 1. The van der Waals surface area contributed by atoms with Crippen molar-refractivity contribution in [1.29, 1.82) is 0 Å². The first-order valence-electron chi connectivity index (χ1n) is 9.63. The maximum absolute atomic E-state index is 13.1. The molecule has 1 aliphatic rings. The van der Waals surface area contributed by atoms with E-state index in [0.29, 0.717) is 12.1 Å². The Morgan fingerprint density at radius 1 is 1.14 bits per heavy atom. The highest BCUT2D eigenvalue weighted by molar-refractivity contribution is 5.94. The Morgan fingerprint density at radius 2 is 2.00 bits per heavy atom. The third-order valence-electron chi connectivity index (χ3n) is 5.19. The number of carbonyl (C=O) groups is 1. The summed E-state index contributed by atoms with van der Waals surface area (Å²) >= 11 is 0. The van der Waals surface area contributed by atoms with Gasteiger partial charge in [-0.15, -0.1) is 0 Å². The van der Waals surface area contributed by atoms with Gasteiger partial charge in [-0.1, -0.05) is 30.3 Å². The molecule has 0 saturated carbocycles. The number of amides is 1. The van der Waals surface area contributed by atoms with Gasteiger partial charge in [0.1, 0.15) is 17.9 Å². The largest absolute Gasteiger partial charge is 0.497 e. The number of rotatable bonds is 5. The van der Waals surface area contributed by atoms with Crippen LogP contribution in [0.1, 0.15) is 47.1 Å². The normalized spacial score (nSPS) is 16.8. The summed E-state index contributed by atoms with van der Waals surface area (Å²) in [5, 5.41) is 4.44. The first-order valence-corrected chi connectivity index (χ1v) is 9.63. The van der Waals surface area contributed by atoms with Gasteiger partial charge in [-0.05, 0) is 49.1 Å². The first kappa shape index (κ1) is 18.2. The van der Waals surface area contributed by atoms with Crippen molar-refractivity contribution in [2.45, 2.75) is 31.8 Å². The monoisotopic (exact) mass is 376 g/mol. The number of benzene rings is 2. The van der Waals surface area contributed by atoms with E-state index in [2.05, 4.69) is 10.1 Å². The molecule has 1 amide bonds. The summed E-state index contributed by atoms with van der Waals surface area (Å²) in [5.74, 6) is 1.71. The van der Waals surface area contributed by atoms with Crippen LogP contribution in [0.2, 0.25) is 0 Å². The van der Waals surface area contributed by atoms with Gasteiger partial charge in [0, 0.05) is 12.1 Å². The molecule has 2 heterocycles. The molecular weight excluding hydrogens is 352 g/mol. The van der Waals surface area contributed by atoms with Crippen LogP contribution in [0.3, 0.4) is 0 Å². The zero-order valence-electron chi connectivity index (χ0n) is 16.0. The molecule has 1 aromatic heterocycles. The maximum atomic E-state index is 13.1. The SMILES string of the molecule is COc1cccc(Cn2ncnc2[C@H]2CCCCN2C(=O)c2ccccc2)c1. The second kappa shape index (κ2) is 8.25. The lowest BCUT2D eigenvalue weighted by Crippen LogP contribution is -2.39. The second-order valence-corrected chi connectivity index (χ2v) is 7.00. The smallest absolute Gasteiger partial charge is 0.254 e. The lowest BCUT2D eigenvalue weighted by molar-refractivity contribution is 0.0594. The second-order valence-electron chi connectivity index (χ2n) is 7.00. The van der Waals surface area contributed by atoms with Gasteiger partial charge in [-0.2, -0.15) is 5.10 Å². The number of ether oxygens (including phenoxy) is 1. The summed E-state index contributed by atoms with van der Waals surface area (Å²) in [4.78, 5) is 19.6. The number of piperidine rings is 1. The summed E-state index contributed by atoms with van der Waals surface area (Å²) < 4.78 is 7.22. The molecular formula is C22H24N4O2. The average Bonchev–Trinajstić information content (AvgIpc) is 3.22. The Morgan fingerprint density at radius 3 is 2.82 bits per heavy atom. The summed E-state index contributed by atoms with van der Waals surface area (Å²) in [7, 11) is 1.66. The zero-order chi connectivity index (χ0) is 19.3. The van der Waals surface area contributed by atoms with E-state index in [-0.39, 0.29) is 11.9 Å². The Hall–Kier alpha value is -3.15. The number of likely N-dealkylation sites (tertiary alicyclic amines) is 1. The van der Waals surface area contributed by atoms with Crippen LogP contribution < -0.4 is 4.74 Å². The Kier molecular flexibility index (Phi) is 5.37. The fourth-order valence-electron chi connectivity index (χ4n) is 3.79. The van der Waals surface area contributed by atoms with E-state index >= 15 is 0 Å². The standard InChI is InChI=1S/C22H24N4O2/c1-28-19-11-7-8-17(14-19)15-26-21(23-16-24-26)20-12-5-6-13-25(20)22(27)18-9-3-2-4-10-18/h2-4,7-11,14,16,20H,5-6,12-13,15H2,1H3/t20-/m1/s1. The van der Waals surface area contributed by atoms with Gasteiger partial charge in [0.15, 0.2) is 0 Å². The fourth-order valence-corrected chi connectivity index (χ4v) is 3.79. The lowest BCUT2D eigenvalue weighted by Gasteiger charge is -2.35. The predicted molar refractivity (Wildman–Crippen MR) is 106 cm³/mol. The molecule has 0 unspecified atom stereocenters. The minimum Gasteiger partial charge on any atom is -0.497 e. The Labute approximate surface area is 164 Å². The van der Waals surface area contributed by atoms with Crippen LogP contribution in [0.4, 0.5) is 0 Å². The molecule has 6 nitrogen and oxygen atoms in total. The number of hydrogen-bond donors (Lipinski definition) is 0. The van der Waals surface area contributed by atoms with Gasteiger partial charge in [-0.3, -0.25) is 4.79 Å². The molecule has 4 rings (SSSR count). The highest BCUT2D eigenvalue weighted by Crippen LogP contribution is 2.31. The summed E-state index contributed by atoms with van der Waals surface area (Å²) in [6, 6.07) is 17.3. The van der Waals surface area contributed by atoms with Crippen molar-refractivity contribution in [3.05, 3.63) is 77.9 Å². The molecule has 144 valence electrons. The van der Waals surface area contributed by atoms with Crippen LogP contribution in [0.5, 0.6) is 5.75 Å². The minimum atomic E-state index is -0.0606. The third-order valence-corrected chi connectivity index (χ3v) is 5.19. The molecule has 1 aliphatic heterocycles. The van der Waals surface area contributed by atoms with E-state index < -0.39 is 0 Å². The van der Waals surface area contributed by atoms with Crippen molar-refractivity contribution in [1.82, 2.24) is 19.7 Å².